The lowest BCUT2D eigenvalue weighted by Gasteiger charge is -2.11. The highest BCUT2D eigenvalue weighted by atomic mass is 35.5. The largest absolute Gasteiger partial charge is 0.265 e. The fourth-order valence-electron chi connectivity index (χ4n) is 1.57. The molecule has 0 N–H and O–H groups in total. The Morgan fingerprint density at radius 2 is 2.06 bits per heavy atom. The van der Waals surface area contributed by atoms with E-state index >= 15 is 0 Å². The number of rotatable bonds is 2. The smallest absolute Gasteiger partial charge is 0.222 e. The van der Waals surface area contributed by atoms with E-state index in [2.05, 4.69) is 21.0 Å². The van der Waals surface area contributed by atoms with Crippen molar-refractivity contribution in [1.82, 2.24) is 15.0 Å². The summed E-state index contributed by atoms with van der Waals surface area (Å²) >= 11 is 5.76. The second kappa shape index (κ2) is 4.89. The molecule has 0 amide bonds. The van der Waals surface area contributed by atoms with Crippen LogP contribution < -0.4 is 0 Å². The van der Waals surface area contributed by atoms with E-state index in [9.17, 15) is 5.26 Å². The molecule has 1 atom stereocenters. The van der Waals surface area contributed by atoms with Gasteiger partial charge < -0.3 is 0 Å². The summed E-state index contributed by atoms with van der Waals surface area (Å²) in [5, 5.41) is 9.43. The summed E-state index contributed by atoms with van der Waals surface area (Å²) < 4.78 is 0. The molecule has 17 heavy (non-hydrogen) atoms. The molecule has 0 aliphatic carbocycles. The molecule has 0 aliphatic heterocycles. The zero-order valence-corrected chi connectivity index (χ0v) is 9.89. The predicted octanol–water partition coefficient (Wildman–Crippen LogP) is 2.49. The predicted molar refractivity (Wildman–Crippen MR) is 63.5 cm³/mol. The summed E-state index contributed by atoms with van der Waals surface area (Å²) in [7, 11) is 0. The number of halogens is 1. The minimum atomic E-state index is -0.446. The third-order valence-electron chi connectivity index (χ3n) is 2.42. The van der Waals surface area contributed by atoms with Gasteiger partial charge in [0, 0.05) is 18.6 Å². The summed E-state index contributed by atoms with van der Waals surface area (Å²) in [4.78, 5) is 11.9. The molecule has 0 aromatic carbocycles. The van der Waals surface area contributed by atoms with Crippen molar-refractivity contribution in [1.29, 1.82) is 5.26 Å². The number of aromatic nitrogens is 3. The second-order valence-electron chi connectivity index (χ2n) is 3.55. The van der Waals surface area contributed by atoms with E-state index in [1.54, 1.807) is 30.7 Å². The van der Waals surface area contributed by atoms with E-state index in [1.807, 2.05) is 6.92 Å². The van der Waals surface area contributed by atoms with E-state index in [-0.39, 0.29) is 5.28 Å². The highest BCUT2D eigenvalue weighted by Gasteiger charge is 2.17. The number of nitriles is 1. The van der Waals surface area contributed by atoms with Crippen LogP contribution in [0.3, 0.4) is 0 Å². The van der Waals surface area contributed by atoms with Gasteiger partial charge >= 0.3 is 0 Å². The molecule has 1 unspecified atom stereocenters. The van der Waals surface area contributed by atoms with Crippen molar-refractivity contribution in [2.75, 3.05) is 0 Å². The van der Waals surface area contributed by atoms with Crippen LogP contribution in [0.15, 0.2) is 30.7 Å². The first-order valence-corrected chi connectivity index (χ1v) is 5.38. The van der Waals surface area contributed by atoms with Crippen LogP contribution in [0.25, 0.3) is 0 Å². The quantitative estimate of drug-likeness (QED) is 0.762. The lowest BCUT2D eigenvalue weighted by molar-refractivity contribution is 0.918. The molecule has 0 saturated heterocycles. The number of nitrogens with zero attached hydrogens (tertiary/aromatic N) is 4. The van der Waals surface area contributed by atoms with Crippen LogP contribution in [-0.4, -0.2) is 15.0 Å². The first-order valence-electron chi connectivity index (χ1n) is 5.01. The van der Waals surface area contributed by atoms with Gasteiger partial charge in [-0.15, -0.1) is 0 Å². The Morgan fingerprint density at radius 1 is 1.35 bits per heavy atom. The molecular weight excluding hydrogens is 236 g/mol. The van der Waals surface area contributed by atoms with Gasteiger partial charge in [0.2, 0.25) is 5.28 Å². The maximum atomic E-state index is 9.27. The van der Waals surface area contributed by atoms with Crippen LogP contribution in [-0.2, 0) is 0 Å². The molecule has 0 radical (unpaired) electrons. The number of hydrogen-bond donors (Lipinski definition) is 0. The molecule has 5 heteroatoms. The van der Waals surface area contributed by atoms with Gasteiger partial charge in [-0.05, 0) is 41.8 Å². The van der Waals surface area contributed by atoms with Crippen LogP contribution in [0.4, 0.5) is 0 Å². The highest BCUT2D eigenvalue weighted by molar-refractivity contribution is 6.28. The average Bonchev–Trinajstić information content (AvgIpc) is 2.36. The first-order chi connectivity index (χ1) is 8.22. The lowest BCUT2D eigenvalue weighted by Crippen LogP contribution is -2.05. The summed E-state index contributed by atoms with van der Waals surface area (Å²) in [6, 6.07) is 5.82. The molecule has 84 valence electrons. The van der Waals surface area contributed by atoms with E-state index in [4.69, 9.17) is 11.6 Å². The molecule has 2 rings (SSSR count). The fourth-order valence-corrected chi connectivity index (χ4v) is 1.71. The van der Waals surface area contributed by atoms with Crippen LogP contribution >= 0.6 is 11.6 Å². The maximum Gasteiger partial charge on any atom is 0.222 e. The third-order valence-corrected chi connectivity index (χ3v) is 2.61. The van der Waals surface area contributed by atoms with Crippen LogP contribution in [0, 0.1) is 18.3 Å². The zero-order chi connectivity index (χ0) is 12.3. The lowest BCUT2D eigenvalue weighted by atomic mass is 9.95. The van der Waals surface area contributed by atoms with Gasteiger partial charge in [0.1, 0.15) is 5.92 Å². The molecular formula is C12H9ClN4. The maximum absolute atomic E-state index is 9.27. The summed E-state index contributed by atoms with van der Waals surface area (Å²) in [6.45, 7) is 1.86. The minimum Gasteiger partial charge on any atom is -0.265 e. The van der Waals surface area contributed by atoms with Gasteiger partial charge in [-0.25, -0.2) is 9.97 Å². The normalized spacial score (nSPS) is 11.8. The Hall–Kier alpha value is -1.99. The topological polar surface area (TPSA) is 62.5 Å². The number of pyridine rings is 1. The van der Waals surface area contributed by atoms with Gasteiger partial charge in [-0.1, -0.05) is 0 Å². The van der Waals surface area contributed by atoms with Crippen molar-refractivity contribution < 1.29 is 0 Å². The van der Waals surface area contributed by atoms with E-state index < -0.39 is 5.92 Å². The van der Waals surface area contributed by atoms with Gasteiger partial charge in [-0.3, -0.25) is 4.98 Å². The second-order valence-corrected chi connectivity index (χ2v) is 3.89. The highest BCUT2D eigenvalue weighted by Crippen LogP contribution is 2.24. The number of aryl methyl sites for hydroxylation is 1. The van der Waals surface area contributed by atoms with E-state index in [0.717, 1.165) is 11.1 Å². The van der Waals surface area contributed by atoms with Crippen molar-refractivity contribution >= 4 is 11.6 Å². The number of hydrogen-bond acceptors (Lipinski definition) is 4. The van der Waals surface area contributed by atoms with Gasteiger partial charge in [0.15, 0.2) is 0 Å². The first kappa shape index (κ1) is 11.5. The Labute approximate surface area is 104 Å². The van der Waals surface area contributed by atoms with Crippen molar-refractivity contribution in [3.05, 3.63) is 52.8 Å². The molecule has 0 saturated carbocycles. The van der Waals surface area contributed by atoms with Crippen LogP contribution in [0.5, 0.6) is 0 Å². The molecule has 0 spiro atoms. The molecule has 2 aromatic heterocycles. The molecule has 2 heterocycles. The van der Waals surface area contributed by atoms with E-state index in [0.29, 0.717) is 5.69 Å². The SMILES string of the molecule is Cc1cnc(Cl)nc1C(C#N)c1ccncc1. The minimum absolute atomic E-state index is 0.153. The zero-order valence-electron chi connectivity index (χ0n) is 9.13. The average molecular weight is 245 g/mol. The Balaban J connectivity index is 2.51. The molecule has 0 aliphatic rings. The van der Waals surface area contributed by atoms with Crippen molar-refractivity contribution in [2.24, 2.45) is 0 Å². The van der Waals surface area contributed by atoms with Gasteiger partial charge in [-0.2, -0.15) is 5.26 Å². The Bertz CT molecular complexity index is 562. The molecule has 2 aromatic rings. The fraction of sp³-hybridized carbons (Fsp3) is 0.167. The standard InChI is InChI=1S/C12H9ClN4/c1-8-7-16-12(13)17-11(8)10(6-14)9-2-4-15-5-3-9/h2-5,7,10H,1H3. The molecule has 0 fully saturated rings. The van der Waals surface area contributed by atoms with Crippen LogP contribution in [0.1, 0.15) is 22.7 Å². The molecule has 0 bridgehead atoms. The van der Waals surface area contributed by atoms with E-state index in [1.165, 1.54) is 0 Å². The van der Waals surface area contributed by atoms with Crippen LogP contribution in [0.2, 0.25) is 5.28 Å². The molecule has 4 nitrogen and oxygen atoms in total. The summed E-state index contributed by atoms with van der Waals surface area (Å²) in [5.41, 5.74) is 2.33. The Morgan fingerprint density at radius 3 is 2.71 bits per heavy atom. The summed E-state index contributed by atoms with van der Waals surface area (Å²) in [6.07, 6.45) is 4.92. The van der Waals surface area contributed by atoms with Crippen molar-refractivity contribution in [3.63, 3.8) is 0 Å². The van der Waals surface area contributed by atoms with Crippen molar-refractivity contribution in [3.8, 4) is 6.07 Å². The third kappa shape index (κ3) is 2.40. The van der Waals surface area contributed by atoms with Gasteiger partial charge in [0.05, 0.1) is 11.8 Å². The van der Waals surface area contributed by atoms with Gasteiger partial charge in [0.25, 0.3) is 0 Å². The van der Waals surface area contributed by atoms with Crippen molar-refractivity contribution in [2.45, 2.75) is 12.8 Å². The summed E-state index contributed by atoms with van der Waals surface area (Å²) in [5.74, 6) is -0.446. The monoisotopic (exact) mass is 244 g/mol. The Kier molecular flexibility index (Phi) is 3.31.